The van der Waals surface area contributed by atoms with Crippen LogP contribution in [0, 0.1) is 0 Å². The predicted octanol–water partition coefficient (Wildman–Crippen LogP) is 3.96. The fourth-order valence-corrected chi connectivity index (χ4v) is 3.50. The fraction of sp³-hybridized carbons (Fsp3) is 0.421. The van der Waals surface area contributed by atoms with E-state index in [1.807, 2.05) is 6.20 Å². The van der Waals surface area contributed by atoms with Crippen LogP contribution < -0.4 is 0 Å². The smallest absolute Gasteiger partial charge is 0.335 e. The van der Waals surface area contributed by atoms with E-state index in [9.17, 15) is 4.79 Å². The van der Waals surface area contributed by atoms with E-state index in [-0.39, 0.29) is 0 Å². The lowest BCUT2D eigenvalue weighted by molar-refractivity contribution is 0.0696. The quantitative estimate of drug-likeness (QED) is 0.908. The molecule has 2 aromatic heterocycles. The maximum absolute atomic E-state index is 11.0. The van der Waals surface area contributed by atoms with Crippen LogP contribution in [-0.4, -0.2) is 21.0 Å². The third-order valence-corrected chi connectivity index (χ3v) is 4.69. The highest BCUT2D eigenvalue weighted by Gasteiger charge is 2.26. The number of carbonyl (C=O) groups is 1. The van der Waals surface area contributed by atoms with Crippen LogP contribution >= 0.6 is 0 Å². The Bertz CT molecular complexity index is 725. The van der Waals surface area contributed by atoms with Crippen molar-refractivity contribution in [3.63, 3.8) is 0 Å². The highest BCUT2D eigenvalue weighted by atomic mass is 16.4. The number of aromatic carboxylic acids is 1. The minimum Gasteiger partial charge on any atom is -0.478 e. The van der Waals surface area contributed by atoms with Crippen molar-refractivity contribution < 1.29 is 9.90 Å². The number of pyridine rings is 2. The summed E-state index contributed by atoms with van der Waals surface area (Å²) in [5.41, 5.74) is 5.24. The summed E-state index contributed by atoms with van der Waals surface area (Å²) in [6.07, 6.45) is 7.50. The number of nitrogens with zero attached hydrogens (tertiary/aromatic N) is 2. The molecule has 120 valence electrons. The molecule has 0 radical (unpaired) electrons. The number of fused-ring (bicyclic) bond motifs is 1. The van der Waals surface area contributed by atoms with E-state index in [1.165, 1.54) is 22.9 Å². The second kappa shape index (κ2) is 6.49. The monoisotopic (exact) mass is 310 g/mol. The minimum absolute atomic E-state index is 0.307. The second-order valence-electron chi connectivity index (χ2n) is 6.53. The van der Waals surface area contributed by atoms with Gasteiger partial charge < -0.3 is 5.11 Å². The van der Waals surface area contributed by atoms with Crippen LogP contribution in [0.2, 0.25) is 0 Å². The Kier molecular flexibility index (Phi) is 4.42. The van der Waals surface area contributed by atoms with Gasteiger partial charge in [0, 0.05) is 29.7 Å². The molecular weight excluding hydrogens is 288 g/mol. The van der Waals surface area contributed by atoms with Gasteiger partial charge in [-0.2, -0.15) is 0 Å². The molecule has 1 unspecified atom stereocenters. The van der Waals surface area contributed by atoms with Crippen molar-refractivity contribution >= 4 is 5.97 Å². The average molecular weight is 310 g/mol. The summed E-state index contributed by atoms with van der Waals surface area (Å²) in [5, 5.41) is 9.06. The molecule has 1 N–H and O–H groups in total. The summed E-state index contributed by atoms with van der Waals surface area (Å²) in [5.74, 6) is 0.0847. The zero-order valence-electron chi connectivity index (χ0n) is 13.6. The van der Waals surface area contributed by atoms with Gasteiger partial charge in [0.25, 0.3) is 0 Å². The highest BCUT2D eigenvalue weighted by molar-refractivity contribution is 5.87. The number of hydrogen-bond donors (Lipinski definition) is 1. The van der Waals surface area contributed by atoms with E-state index >= 15 is 0 Å². The number of hydrogen-bond acceptors (Lipinski definition) is 3. The van der Waals surface area contributed by atoms with Gasteiger partial charge in [-0.25, -0.2) is 4.79 Å². The van der Waals surface area contributed by atoms with Gasteiger partial charge in [0.1, 0.15) is 0 Å². The van der Waals surface area contributed by atoms with Crippen molar-refractivity contribution in [3.8, 4) is 0 Å². The van der Waals surface area contributed by atoms with E-state index in [4.69, 9.17) is 5.11 Å². The van der Waals surface area contributed by atoms with Gasteiger partial charge in [0.15, 0.2) is 0 Å². The molecule has 0 aromatic carbocycles. The zero-order valence-corrected chi connectivity index (χ0v) is 13.6. The third kappa shape index (κ3) is 3.26. The lowest BCUT2D eigenvalue weighted by Gasteiger charge is -2.13. The van der Waals surface area contributed by atoms with E-state index in [1.54, 1.807) is 12.3 Å². The van der Waals surface area contributed by atoms with Crippen LogP contribution in [0.25, 0.3) is 0 Å². The van der Waals surface area contributed by atoms with Crippen molar-refractivity contribution in [2.75, 3.05) is 0 Å². The molecular formula is C19H22N2O2. The van der Waals surface area contributed by atoms with E-state index in [0.717, 1.165) is 31.4 Å². The molecule has 0 saturated heterocycles. The van der Waals surface area contributed by atoms with E-state index in [0.29, 0.717) is 17.4 Å². The minimum atomic E-state index is -0.900. The van der Waals surface area contributed by atoms with Gasteiger partial charge in [0.2, 0.25) is 0 Å². The van der Waals surface area contributed by atoms with Gasteiger partial charge in [-0.3, -0.25) is 9.97 Å². The molecule has 4 heteroatoms. The standard InChI is InChI=1S/C19H22N2O2/c1-12(2)16-8-10-21-18-13(4-6-17(16)18)3-5-15-11-14(19(22)23)7-9-20-15/h7-13H,3-6H2,1-2H3,(H,22,23). The summed E-state index contributed by atoms with van der Waals surface area (Å²) in [6.45, 7) is 4.45. The first kappa shape index (κ1) is 15.7. The summed E-state index contributed by atoms with van der Waals surface area (Å²) in [4.78, 5) is 20.0. The number of carboxylic acids is 1. The Morgan fingerprint density at radius 2 is 2.09 bits per heavy atom. The topological polar surface area (TPSA) is 63.1 Å². The molecule has 1 aliphatic carbocycles. The summed E-state index contributed by atoms with van der Waals surface area (Å²) in [6, 6.07) is 5.35. The maximum Gasteiger partial charge on any atom is 0.335 e. The second-order valence-corrected chi connectivity index (χ2v) is 6.53. The molecule has 0 fully saturated rings. The van der Waals surface area contributed by atoms with Crippen molar-refractivity contribution in [1.82, 2.24) is 9.97 Å². The first-order valence-corrected chi connectivity index (χ1v) is 8.22. The number of aromatic nitrogens is 2. The molecule has 0 saturated carbocycles. The van der Waals surface area contributed by atoms with Crippen LogP contribution in [0.15, 0.2) is 30.6 Å². The Labute approximate surface area is 136 Å². The SMILES string of the molecule is CC(C)c1ccnc2c1CCC2CCc1cc(C(=O)O)ccn1. The van der Waals surface area contributed by atoms with Crippen LogP contribution in [0.4, 0.5) is 0 Å². The van der Waals surface area contributed by atoms with E-state index < -0.39 is 5.97 Å². The van der Waals surface area contributed by atoms with E-state index in [2.05, 4.69) is 29.9 Å². The molecule has 2 aromatic rings. The average Bonchev–Trinajstić information content (AvgIpc) is 2.96. The first-order valence-electron chi connectivity index (χ1n) is 8.22. The van der Waals surface area contributed by atoms with Crippen molar-refractivity contribution in [3.05, 3.63) is 58.7 Å². The van der Waals surface area contributed by atoms with Crippen LogP contribution in [0.3, 0.4) is 0 Å². The Morgan fingerprint density at radius 1 is 1.30 bits per heavy atom. The molecule has 4 nitrogen and oxygen atoms in total. The summed E-state index contributed by atoms with van der Waals surface area (Å²) < 4.78 is 0. The van der Waals surface area contributed by atoms with Crippen molar-refractivity contribution in [2.45, 2.75) is 51.4 Å². The van der Waals surface area contributed by atoms with Gasteiger partial charge in [0.05, 0.1) is 5.56 Å². The molecule has 0 amide bonds. The number of carboxylic acid groups (broad SMARTS) is 1. The van der Waals surface area contributed by atoms with Crippen LogP contribution in [-0.2, 0) is 12.8 Å². The van der Waals surface area contributed by atoms with Crippen molar-refractivity contribution in [2.24, 2.45) is 0 Å². The van der Waals surface area contributed by atoms with Gasteiger partial charge in [-0.15, -0.1) is 0 Å². The summed E-state index contributed by atoms with van der Waals surface area (Å²) in [7, 11) is 0. The molecule has 3 rings (SSSR count). The van der Waals surface area contributed by atoms with Gasteiger partial charge in [-0.05, 0) is 60.9 Å². The van der Waals surface area contributed by atoms with Crippen LogP contribution in [0.5, 0.6) is 0 Å². The zero-order chi connectivity index (χ0) is 16.4. The Balaban J connectivity index is 1.74. The first-order chi connectivity index (χ1) is 11.1. The Morgan fingerprint density at radius 3 is 2.83 bits per heavy atom. The molecule has 0 spiro atoms. The molecule has 23 heavy (non-hydrogen) atoms. The summed E-state index contributed by atoms with van der Waals surface area (Å²) >= 11 is 0. The fourth-order valence-electron chi connectivity index (χ4n) is 3.50. The number of rotatable bonds is 5. The third-order valence-electron chi connectivity index (χ3n) is 4.69. The normalized spacial score (nSPS) is 16.6. The molecule has 0 aliphatic heterocycles. The molecule has 1 aliphatic rings. The molecule has 0 bridgehead atoms. The number of aryl methyl sites for hydroxylation is 1. The predicted molar refractivity (Wildman–Crippen MR) is 88.9 cm³/mol. The Hall–Kier alpha value is -2.23. The molecule has 1 atom stereocenters. The maximum atomic E-state index is 11.0. The van der Waals surface area contributed by atoms with Crippen LogP contribution in [0.1, 0.15) is 71.4 Å². The molecule has 2 heterocycles. The highest BCUT2D eigenvalue weighted by Crippen LogP contribution is 2.38. The van der Waals surface area contributed by atoms with Crippen molar-refractivity contribution in [1.29, 1.82) is 0 Å². The lowest BCUT2D eigenvalue weighted by atomic mass is 9.95. The largest absolute Gasteiger partial charge is 0.478 e. The van der Waals surface area contributed by atoms with Gasteiger partial charge in [-0.1, -0.05) is 13.8 Å². The van der Waals surface area contributed by atoms with Gasteiger partial charge >= 0.3 is 5.97 Å². The lowest BCUT2D eigenvalue weighted by Crippen LogP contribution is -2.03.